The maximum atomic E-state index is 5.41. The van der Waals surface area contributed by atoms with Crippen molar-refractivity contribution in [3.05, 3.63) is 0 Å². The van der Waals surface area contributed by atoms with Crippen LogP contribution in [0.1, 0.15) is 25.7 Å². The van der Waals surface area contributed by atoms with E-state index >= 15 is 0 Å². The average Bonchev–Trinajstić information content (AvgIpc) is 2.74. The molecule has 2 fully saturated rings. The minimum Gasteiger partial charge on any atom is -0.381 e. The number of nitrogens with zero attached hydrogens (tertiary/aromatic N) is 2. The minimum absolute atomic E-state index is 0. The molecule has 1 aliphatic carbocycles. The molecule has 0 amide bonds. The third-order valence-corrected chi connectivity index (χ3v) is 3.90. The second kappa shape index (κ2) is 8.19. The van der Waals surface area contributed by atoms with Crippen molar-refractivity contribution in [2.24, 2.45) is 16.8 Å². The molecule has 1 saturated heterocycles. The molecule has 4 nitrogen and oxygen atoms in total. The maximum absolute atomic E-state index is 5.41. The van der Waals surface area contributed by atoms with Crippen molar-refractivity contribution in [3.63, 3.8) is 0 Å². The van der Waals surface area contributed by atoms with Gasteiger partial charge < -0.3 is 15.0 Å². The van der Waals surface area contributed by atoms with Gasteiger partial charge in [-0.3, -0.25) is 4.99 Å². The maximum Gasteiger partial charge on any atom is 0.193 e. The largest absolute Gasteiger partial charge is 0.381 e. The third-order valence-electron chi connectivity index (χ3n) is 3.90. The number of aliphatic imine (C=N–C) groups is 1. The Hall–Kier alpha value is -0.0400. The zero-order valence-corrected chi connectivity index (χ0v) is 13.9. The van der Waals surface area contributed by atoms with Gasteiger partial charge in [0.05, 0.1) is 6.61 Å². The summed E-state index contributed by atoms with van der Waals surface area (Å²) in [6.45, 7) is 3.96. The molecule has 106 valence electrons. The Bertz CT molecular complexity index is 263. The van der Waals surface area contributed by atoms with Gasteiger partial charge in [0.15, 0.2) is 5.96 Å². The lowest BCUT2D eigenvalue weighted by atomic mass is 9.85. The van der Waals surface area contributed by atoms with E-state index in [1.54, 1.807) is 0 Å². The first-order chi connectivity index (χ1) is 8.29. The second-order valence-corrected chi connectivity index (χ2v) is 5.34. The van der Waals surface area contributed by atoms with E-state index in [4.69, 9.17) is 4.74 Å². The van der Waals surface area contributed by atoms with Gasteiger partial charge in [-0.05, 0) is 25.2 Å². The smallest absolute Gasteiger partial charge is 0.193 e. The van der Waals surface area contributed by atoms with Crippen molar-refractivity contribution < 1.29 is 4.74 Å². The van der Waals surface area contributed by atoms with Crippen LogP contribution in [0.3, 0.4) is 0 Å². The first-order valence-corrected chi connectivity index (χ1v) is 6.79. The van der Waals surface area contributed by atoms with Crippen LogP contribution in [0.25, 0.3) is 0 Å². The highest BCUT2D eigenvalue weighted by Crippen LogP contribution is 2.25. The summed E-state index contributed by atoms with van der Waals surface area (Å²) in [5, 5.41) is 3.48. The molecule has 0 aromatic heterocycles. The summed E-state index contributed by atoms with van der Waals surface area (Å²) < 4.78 is 5.41. The molecule has 1 heterocycles. The van der Waals surface area contributed by atoms with Crippen molar-refractivity contribution in [1.82, 2.24) is 10.2 Å². The number of hydrogen-bond acceptors (Lipinski definition) is 2. The molecule has 1 saturated carbocycles. The van der Waals surface area contributed by atoms with Crippen molar-refractivity contribution in [2.45, 2.75) is 25.7 Å². The van der Waals surface area contributed by atoms with E-state index in [9.17, 15) is 0 Å². The number of ether oxygens (including phenoxy) is 1. The van der Waals surface area contributed by atoms with E-state index in [1.165, 1.54) is 25.7 Å². The highest BCUT2D eigenvalue weighted by molar-refractivity contribution is 14.0. The molecule has 1 unspecified atom stereocenters. The summed E-state index contributed by atoms with van der Waals surface area (Å²) in [7, 11) is 3.99. The molecule has 0 aromatic rings. The number of halogens is 1. The quantitative estimate of drug-likeness (QED) is 0.469. The minimum atomic E-state index is 0. The number of rotatable bonds is 4. The highest BCUT2D eigenvalue weighted by atomic mass is 127. The summed E-state index contributed by atoms with van der Waals surface area (Å²) in [6, 6.07) is 0. The zero-order chi connectivity index (χ0) is 12.1. The Morgan fingerprint density at radius 2 is 2.11 bits per heavy atom. The van der Waals surface area contributed by atoms with Crippen LogP contribution in [0.5, 0.6) is 0 Å². The molecule has 0 aromatic carbocycles. The predicted molar refractivity (Wildman–Crippen MR) is 85.7 cm³/mol. The normalized spacial score (nSPS) is 24.3. The lowest BCUT2D eigenvalue weighted by Gasteiger charge is -2.29. The van der Waals surface area contributed by atoms with Crippen molar-refractivity contribution in [1.29, 1.82) is 0 Å². The van der Waals surface area contributed by atoms with Crippen LogP contribution in [0.15, 0.2) is 4.99 Å². The summed E-state index contributed by atoms with van der Waals surface area (Å²) in [4.78, 5) is 6.59. The molecule has 5 heteroatoms. The molecule has 0 radical (unpaired) electrons. The van der Waals surface area contributed by atoms with Crippen LogP contribution < -0.4 is 5.32 Å². The van der Waals surface area contributed by atoms with Gasteiger partial charge in [0, 0.05) is 39.7 Å². The molecule has 2 aliphatic rings. The molecular formula is C13H26IN3O. The van der Waals surface area contributed by atoms with E-state index in [1.807, 2.05) is 7.05 Å². The second-order valence-electron chi connectivity index (χ2n) is 5.34. The van der Waals surface area contributed by atoms with Gasteiger partial charge in [-0.2, -0.15) is 0 Å². The Morgan fingerprint density at radius 1 is 1.33 bits per heavy atom. The van der Waals surface area contributed by atoms with E-state index < -0.39 is 0 Å². The summed E-state index contributed by atoms with van der Waals surface area (Å²) in [5.41, 5.74) is 0. The van der Waals surface area contributed by atoms with Crippen molar-refractivity contribution >= 4 is 29.9 Å². The molecule has 18 heavy (non-hydrogen) atoms. The van der Waals surface area contributed by atoms with Gasteiger partial charge in [-0.25, -0.2) is 0 Å². The van der Waals surface area contributed by atoms with Crippen LogP contribution in [0.4, 0.5) is 0 Å². The topological polar surface area (TPSA) is 36.9 Å². The number of guanidine groups is 1. The molecule has 2 rings (SSSR count). The SMILES string of the molecule is CN=C(NCC1CCC1)N(C)CC1CCOC1.I. The van der Waals surface area contributed by atoms with Gasteiger partial charge in [0.2, 0.25) is 0 Å². The van der Waals surface area contributed by atoms with Crippen LogP contribution in [0.2, 0.25) is 0 Å². The van der Waals surface area contributed by atoms with Crippen LogP contribution in [-0.4, -0.2) is 51.3 Å². The Kier molecular flexibility index (Phi) is 7.29. The van der Waals surface area contributed by atoms with Crippen LogP contribution in [-0.2, 0) is 4.74 Å². The Balaban J connectivity index is 0.00000162. The molecular weight excluding hydrogens is 341 g/mol. The molecule has 1 atom stereocenters. The lowest BCUT2D eigenvalue weighted by Crippen LogP contribution is -2.43. The monoisotopic (exact) mass is 367 g/mol. The highest BCUT2D eigenvalue weighted by Gasteiger charge is 2.21. The van der Waals surface area contributed by atoms with Crippen LogP contribution in [0, 0.1) is 11.8 Å². The number of nitrogens with one attached hydrogen (secondary N) is 1. The standard InChI is InChI=1S/C13H25N3O.HI/c1-14-13(15-8-11-4-3-5-11)16(2)9-12-6-7-17-10-12;/h11-12H,3-10H2,1-2H3,(H,14,15);1H. The molecule has 1 aliphatic heterocycles. The van der Waals surface area contributed by atoms with E-state index in [0.29, 0.717) is 5.92 Å². The Labute approximate surface area is 128 Å². The van der Waals surface area contributed by atoms with Gasteiger partial charge in [0.1, 0.15) is 0 Å². The summed E-state index contributed by atoms with van der Waals surface area (Å²) >= 11 is 0. The van der Waals surface area contributed by atoms with Gasteiger partial charge in [0.25, 0.3) is 0 Å². The van der Waals surface area contributed by atoms with Crippen LogP contribution >= 0.6 is 24.0 Å². The van der Waals surface area contributed by atoms with E-state index in [-0.39, 0.29) is 24.0 Å². The average molecular weight is 367 g/mol. The fourth-order valence-corrected chi connectivity index (χ4v) is 2.52. The lowest BCUT2D eigenvalue weighted by molar-refractivity contribution is 0.181. The molecule has 0 bridgehead atoms. The predicted octanol–water partition coefficient (Wildman–Crippen LogP) is 1.95. The summed E-state index contributed by atoms with van der Waals surface area (Å²) in [5.74, 6) is 2.57. The van der Waals surface area contributed by atoms with E-state index in [2.05, 4.69) is 22.3 Å². The fourth-order valence-electron chi connectivity index (χ4n) is 2.52. The number of hydrogen-bond donors (Lipinski definition) is 1. The van der Waals surface area contributed by atoms with Crippen molar-refractivity contribution in [2.75, 3.05) is 40.4 Å². The zero-order valence-electron chi connectivity index (χ0n) is 11.5. The first kappa shape index (κ1) is 16.0. The molecule has 1 N–H and O–H groups in total. The molecule has 0 spiro atoms. The first-order valence-electron chi connectivity index (χ1n) is 6.79. The van der Waals surface area contributed by atoms with E-state index in [0.717, 1.165) is 38.2 Å². The Morgan fingerprint density at radius 3 is 2.61 bits per heavy atom. The van der Waals surface area contributed by atoms with Gasteiger partial charge >= 0.3 is 0 Å². The fraction of sp³-hybridized carbons (Fsp3) is 0.923. The summed E-state index contributed by atoms with van der Waals surface area (Å²) in [6.07, 6.45) is 5.35. The van der Waals surface area contributed by atoms with Crippen molar-refractivity contribution in [3.8, 4) is 0 Å². The van der Waals surface area contributed by atoms with Gasteiger partial charge in [-0.15, -0.1) is 24.0 Å². The van der Waals surface area contributed by atoms with Gasteiger partial charge in [-0.1, -0.05) is 6.42 Å². The third kappa shape index (κ3) is 4.57.